The van der Waals surface area contributed by atoms with Gasteiger partial charge in [-0.3, -0.25) is 9.78 Å². The fourth-order valence-electron chi connectivity index (χ4n) is 1.88. The Balaban J connectivity index is 1.81. The first kappa shape index (κ1) is 15.0. The van der Waals surface area contributed by atoms with Gasteiger partial charge in [0.1, 0.15) is 5.75 Å². The summed E-state index contributed by atoms with van der Waals surface area (Å²) in [4.78, 5) is 15.9. The molecule has 21 heavy (non-hydrogen) atoms. The van der Waals surface area contributed by atoms with Gasteiger partial charge < -0.3 is 15.4 Å². The number of carbonyl (C=O) groups is 1. The number of methoxy groups -OCH3 is 1. The number of benzene rings is 1. The second-order valence-electron chi connectivity index (χ2n) is 4.67. The Hall–Kier alpha value is -2.40. The molecular formula is C16H19N3O2. The molecule has 0 bridgehead atoms. The summed E-state index contributed by atoms with van der Waals surface area (Å²) in [7, 11) is 1.61. The van der Waals surface area contributed by atoms with E-state index in [-0.39, 0.29) is 18.5 Å². The third-order valence-corrected chi connectivity index (χ3v) is 3.13. The summed E-state index contributed by atoms with van der Waals surface area (Å²) in [5.41, 5.74) is 1.80. The predicted octanol–water partition coefficient (Wildman–Crippen LogP) is 2.38. The summed E-state index contributed by atoms with van der Waals surface area (Å²) in [5.74, 6) is 0.673. The molecule has 2 N–H and O–H groups in total. The summed E-state index contributed by atoms with van der Waals surface area (Å²) in [6, 6.07) is 11.2. The molecule has 0 fully saturated rings. The van der Waals surface area contributed by atoms with Gasteiger partial charge in [0.15, 0.2) is 0 Å². The molecule has 1 aromatic heterocycles. The highest BCUT2D eigenvalue weighted by Gasteiger charge is 2.08. The Bertz CT molecular complexity index is 570. The third kappa shape index (κ3) is 4.57. The summed E-state index contributed by atoms with van der Waals surface area (Å²) in [6.45, 7) is 2.24. The molecule has 5 heteroatoms. The Morgan fingerprint density at radius 2 is 2.05 bits per heavy atom. The van der Waals surface area contributed by atoms with Crippen LogP contribution in [0.5, 0.6) is 5.75 Å². The summed E-state index contributed by atoms with van der Waals surface area (Å²) >= 11 is 0. The van der Waals surface area contributed by atoms with E-state index in [0.29, 0.717) is 0 Å². The van der Waals surface area contributed by atoms with E-state index in [9.17, 15) is 4.79 Å². The van der Waals surface area contributed by atoms with Gasteiger partial charge in [0.25, 0.3) is 0 Å². The Morgan fingerprint density at radius 1 is 1.29 bits per heavy atom. The van der Waals surface area contributed by atoms with Gasteiger partial charge in [0.2, 0.25) is 5.91 Å². The molecule has 1 amide bonds. The van der Waals surface area contributed by atoms with Gasteiger partial charge in [0, 0.05) is 24.1 Å². The average molecular weight is 285 g/mol. The van der Waals surface area contributed by atoms with E-state index in [4.69, 9.17) is 4.74 Å². The largest absolute Gasteiger partial charge is 0.497 e. The van der Waals surface area contributed by atoms with Crippen LogP contribution < -0.4 is 15.4 Å². The number of nitrogens with zero attached hydrogens (tertiary/aromatic N) is 1. The van der Waals surface area contributed by atoms with Crippen LogP contribution in [0, 0.1) is 0 Å². The highest BCUT2D eigenvalue weighted by molar-refractivity contribution is 5.92. The van der Waals surface area contributed by atoms with Crippen molar-refractivity contribution in [1.82, 2.24) is 10.3 Å². The van der Waals surface area contributed by atoms with Crippen molar-refractivity contribution < 1.29 is 9.53 Å². The molecule has 0 spiro atoms. The highest BCUT2D eigenvalue weighted by Crippen LogP contribution is 2.15. The minimum absolute atomic E-state index is 0.0697. The molecule has 1 atom stereocenters. The molecule has 0 aliphatic carbocycles. The Labute approximate surface area is 124 Å². The maximum absolute atomic E-state index is 11.9. The van der Waals surface area contributed by atoms with Crippen molar-refractivity contribution in [2.24, 2.45) is 0 Å². The lowest BCUT2D eigenvalue weighted by molar-refractivity contribution is -0.115. The van der Waals surface area contributed by atoms with Gasteiger partial charge in [-0.15, -0.1) is 0 Å². The number of rotatable bonds is 6. The number of hydrogen-bond donors (Lipinski definition) is 2. The molecule has 5 nitrogen and oxygen atoms in total. The Kier molecular flexibility index (Phi) is 5.29. The van der Waals surface area contributed by atoms with E-state index in [2.05, 4.69) is 15.6 Å². The quantitative estimate of drug-likeness (QED) is 0.855. The van der Waals surface area contributed by atoms with E-state index < -0.39 is 0 Å². The first-order valence-electron chi connectivity index (χ1n) is 6.76. The smallest absolute Gasteiger partial charge is 0.238 e. The van der Waals surface area contributed by atoms with Crippen molar-refractivity contribution in [1.29, 1.82) is 0 Å². The molecule has 0 radical (unpaired) electrons. The third-order valence-electron chi connectivity index (χ3n) is 3.13. The molecule has 2 aromatic rings. The molecule has 0 aliphatic heterocycles. The summed E-state index contributed by atoms with van der Waals surface area (Å²) < 4.78 is 5.07. The second kappa shape index (κ2) is 7.40. The van der Waals surface area contributed by atoms with Gasteiger partial charge in [-0.1, -0.05) is 6.07 Å². The zero-order valence-electron chi connectivity index (χ0n) is 12.2. The summed E-state index contributed by atoms with van der Waals surface area (Å²) in [5, 5.41) is 5.99. The van der Waals surface area contributed by atoms with E-state index >= 15 is 0 Å². The van der Waals surface area contributed by atoms with Gasteiger partial charge in [-0.05, 0) is 42.8 Å². The first-order valence-corrected chi connectivity index (χ1v) is 6.76. The fourth-order valence-corrected chi connectivity index (χ4v) is 1.88. The lowest BCUT2D eigenvalue weighted by Gasteiger charge is -2.13. The van der Waals surface area contributed by atoms with Gasteiger partial charge >= 0.3 is 0 Å². The SMILES string of the molecule is COc1ccc(NC(=O)CN[C@@H](C)c2cccnc2)cc1. The lowest BCUT2D eigenvalue weighted by Crippen LogP contribution is -2.30. The zero-order chi connectivity index (χ0) is 15.1. The average Bonchev–Trinajstić information content (AvgIpc) is 2.54. The topological polar surface area (TPSA) is 63.2 Å². The van der Waals surface area contributed by atoms with Gasteiger partial charge in [0.05, 0.1) is 13.7 Å². The number of nitrogens with one attached hydrogen (secondary N) is 2. The predicted molar refractivity (Wildman–Crippen MR) is 82.3 cm³/mol. The van der Waals surface area contributed by atoms with Crippen molar-refractivity contribution in [3.8, 4) is 5.75 Å². The van der Waals surface area contributed by atoms with Crippen LogP contribution in [0.4, 0.5) is 5.69 Å². The number of ether oxygens (including phenoxy) is 1. The van der Waals surface area contributed by atoms with Crippen LogP contribution >= 0.6 is 0 Å². The van der Waals surface area contributed by atoms with Crippen LogP contribution in [0.2, 0.25) is 0 Å². The minimum atomic E-state index is -0.0871. The van der Waals surface area contributed by atoms with Crippen molar-refractivity contribution >= 4 is 11.6 Å². The molecular weight excluding hydrogens is 266 g/mol. The van der Waals surface area contributed by atoms with Crippen molar-refractivity contribution in [2.75, 3.05) is 19.0 Å². The molecule has 1 aromatic carbocycles. The van der Waals surface area contributed by atoms with Crippen molar-refractivity contribution in [3.05, 3.63) is 54.4 Å². The normalized spacial score (nSPS) is 11.7. The molecule has 1 heterocycles. The van der Waals surface area contributed by atoms with E-state index in [1.54, 1.807) is 43.8 Å². The monoisotopic (exact) mass is 285 g/mol. The standard InChI is InChI=1S/C16H19N3O2/c1-12(13-4-3-9-17-10-13)18-11-16(20)19-14-5-7-15(21-2)8-6-14/h3-10,12,18H,11H2,1-2H3,(H,19,20)/t12-/m0/s1. The number of aromatic nitrogens is 1. The first-order chi connectivity index (χ1) is 10.2. The van der Waals surface area contributed by atoms with Crippen LogP contribution in [0.25, 0.3) is 0 Å². The van der Waals surface area contributed by atoms with Gasteiger partial charge in [-0.2, -0.15) is 0 Å². The molecule has 0 aliphatic rings. The van der Waals surface area contributed by atoms with E-state index in [1.165, 1.54) is 0 Å². The molecule has 110 valence electrons. The van der Waals surface area contributed by atoms with Crippen LogP contribution in [-0.2, 0) is 4.79 Å². The van der Waals surface area contributed by atoms with Crippen molar-refractivity contribution in [3.63, 3.8) is 0 Å². The number of carbonyl (C=O) groups excluding carboxylic acids is 1. The van der Waals surface area contributed by atoms with Crippen molar-refractivity contribution in [2.45, 2.75) is 13.0 Å². The second-order valence-corrected chi connectivity index (χ2v) is 4.67. The van der Waals surface area contributed by atoms with Gasteiger partial charge in [-0.25, -0.2) is 0 Å². The molecule has 0 saturated carbocycles. The number of amides is 1. The molecule has 2 rings (SSSR count). The maximum Gasteiger partial charge on any atom is 0.238 e. The van der Waals surface area contributed by atoms with Crippen LogP contribution in [0.1, 0.15) is 18.5 Å². The molecule has 0 saturated heterocycles. The van der Waals surface area contributed by atoms with E-state index in [1.807, 2.05) is 19.1 Å². The lowest BCUT2D eigenvalue weighted by atomic mass is 10.1. The summed E-state index contributed by atoms with van der Waals surface area (Å²) in [6.07, 6.45) is 3.52. The number of pyridine rings is 1. The Morgan fingerprint density at radius 3 is 2.67 bits per heavy atom. The van der Waals surface area contributed by atoms with Crippen LogP contribution in [0.15, 0.2) is 48.8 Å². The number of anilines is 1. The zero-order valence-corrected chi connectivity index (χ0v) is 12.2. The maximum atomic E-state index is 11.9. The molecule has 0 unspecified atom stereocenters. The number of hydrogen-bond acceptors (Lipinski definition) is 4. The van der Waals surface area contributed by atoms with Crippen LogP contribution in [0.3, 0.4) is 0 Å². The fraction of sp³-hybridized carbons (Fsp3) is 0.250. The minimum Gasteiger partial charge on any atom is -0.497 e. The van der Waals surface area contributed by atoms with E-state index in [0.717, 1.165) is 17.0 Å². The highest BCUT2D eigenvalue weighted by atomic mass is 16.5. The van der Waals surface area contributed by atoms with Crippen LogP contribution in [-0.4, -0.2) is 24.5 Å².